The van der Waals surface area contributed by atoms with Crippen molar-refractivity contribution in [3.63, 3.8) is 0 Å². The minimum absolute atomic E-state index is 0.0580. The first-order valence-corrected chi connectivity index (χ1v) is 9.64. The predicted molar refractivity (Wildman–Crippen MR) is 106 cm³/mol. The second-order valence-electron chi connectivity index (χ2n) is 6.52. The van der Waals surface area contributed by atoms with Crippen molar-refractivity contribution >= 4 is 27.5 Å². The molecule has 0 fully saturated rings. The molecule has 1 aliphatic rings. The monoisotopic (exact) mass is 392 g/mol. The van der Waals surface area contributed by atoms with E-state index in [4.69, 9.17) is 4.74 Å². The van der Waals surface area contributed by atoms with Gasteiger partial charge >= 0.3 is 0 Å². The Bertz CT molecular complexity index is 1140. The molecule has 0 atom stereocenters. The summed E-state index contributed by atoms with van der Waals surface area (Å²) in [6.07, 6.45) is 1.55. The van der Waals surface area contributed by atoms with E-state index in [-0.39, 0.29) is 11.7 Å². The van der Waals surface area contributed by atoms with E-state index in [1.807, 2.05) is 30.3 Å². The summed E-state index contributed by atoms with van der Waals surface area (Å²) in [6.45, 7) is 1.06. The topological polar surface area (TPSA) is 91.3 Å². The van der Waals surface area contributed by atoms with E-state index in [0.717, 1.165) is 26.4 Å². The van der Waals surface area contributed by atoms with Crippen LogP contribution in [0.3, 0.4) is 0 Å². The van der Waals surface area contributed by atoms with Gasteiger partial charge in [0.25, 0.3) is 5.91 Å². The van der Waals surface area contributed by atoms with Gasteiger partial charge < -0.3 is 14.7 Å². The molecule has 140 valence electrons. The molecule has 1 aliphatic heterocycles. The van der Waals surface area contributed by atoms with Crippen LogP contribution < -0.4 is 4.74 Å². The van der Waals surface area contributed by atoms with Crippen LogP contribution in [-0.4, -0.2) is 44.2 Å². The van der Waals surface area contributed by atoms with Gasteiger partial charge in [0.1, 0.15) is 17.3 Å². The van der Waals surface area contributed by atoms with Gasteiger partial charge in [-0.25, -0.2) is 4.98 Å². The number of fused-ring (bicyclic) bond motifs is 2. The van der Waals surface area contributed by atoms with Crippen molar-refractivity contribution in [3.8, 4) is 22.1 Å². The van der Waals surface area contributed by atoms with Crippen molar-refractivity contribution < 1.29 is 14.6 Å². The first-order chi connectivity index (χ1) is 13.7. The van der Waals surface area contributed by atoms with Crippen LogP contribution in [0.1, 0.15) is 16.1 Å². The molecule has 0 radical (unpaired) electrons. The fourth-order valence-electron chi connectivity index (χ4n) is 3.34. The van der Waals surface area contributed by atoms with Crippen LogP contribution in [0, 0.1) is 0 Å². The molecule has 3 heterocycles. The second kappa shape index (κ2) is 6.65. The smallest absolute Gasteiger partial charge is 0.272 e. The number of hydrogen-bond acceptors (Lipinski definition) is 6. The van der Waals surface area contributed by atoms with Crippen molar-refractivity contribution in [2.45, 2.75) is 6.54 Å². The Morgan fingerprint density at radius 3 is 2.96 bits per heavy atom. The van der Waals surface area contributed by atoms with Crippen LogP contribution in [0.15, 0.2) is 48.7 Å². The number of aromatic hydroxyl groups is 1. The summed E-state index contributed by atoms with van der Waals surface area (Å²) in [7, 11) is 0. The molecule has 0 aliphatic carbocycles. The number of H-pyrrole nitrogens is 1. The lowest BCUT2D eigenvalue weighted by Crippen LogP contribution is -2.32. The zero-order valence-corrected chi connectivity index (χ0v) is 15.6. The zero-order chi connectivity index (χ0) is 19.1. The molecule has 4 aromatic rings. The fourth-order valence-corrected chi connectivity index (χ4v) is 4.29. The predicted octanol–water partition coefficient (Wildman–Crippen LogP) is 3.43. The van der Waals surface area contributed by atoms with Crippen LogP contribution in [-0.2, 0) is 6.54 Å². The highest BCUT2D eigenvalue weighted by molar-refractivity contribution is 7.21. The molecular weight excluding hydrogens is 376 g/mol. The lowest BCUT2D eigenvalue weighted by Gasteiger charge is -2.19. The van der Waals surface area contributed by atoms with Gasteiger partial charge in [0.05, 0.1) is 16.8 Å². The molecule has 0 saturated heterocycles. The number of nitrogens with zero attached hydrogens (tertiary/aromatic N) is 3. The van der Waals surface area contributed by atoms with Crippen molar-refractivity contribution in [1.29, 1.82) is 0 Å². The minimum Gasteiger partial charge on any atom is -0.504 e. The lowest BCUT2D eigenvalue weighted by atomic mass is 10.1. The first-order valence-electron chi connectivity index (χ1n) is 8.82. The Labute approximate surface area is 164 Å². The molecule has 2 aromatic carbocycles. The van der Waals surface area contributed by atoms with Crippen LogP contribution in [0.2, 0.25) is 0 Å². The number of hydrogen-bond donors (Lipinski definition) is 2. The molecule has 2 aromatic heterocycles. The highest BCUT2D eigenvalue weighted by Gasteiger charge is 2.24. The van der Waals surface area contributed by atoms with Crippen molar-refractivity contribution in [3.05, 3.63) is 59.9 Å². The average Bonchev–Trinajstić information content (AvgIpc) is 3.33. The van der Waals surface area contributed by atoms with E-state index in [9.17, 15) is 9.90 Å². The SMILES string of the molecule is O=C(c1ccn[nH]1)N1CCOc2c(O)cc(-c3nc4ccccc4s3)cc2C1. The summed E-state index contributed by atoms with van der Waals surface area (Å²) < 4.78 is 6.82. The van der Waals surface area contributed by atoms with E-state index in [0.29, 0.717) is 31.1 Å². The fraction of sp³-hybridized carbons (Fsp3) is 0.150. The molecule has 8 heteroatoms. The van der Waals surface area contributed by atoms with Crippen molar-refractivity contribution in [2.24, 2.45) is 0 Å². The number of aromatic nitrogens is 3. The zero-order valence-electron chi connectivity index (χ0n) is 14.8. The number of carbonyl (C=O) groups is 1. The van der Waals surface area contributed by atoms with Crippen LogP contribution >= 0.6 is 11.3 Å². The van der Waals surface area contributed by atoms with Crippen molar-refractivity contribution in [2.75, 3.05) is 13.2 Å². The number of carbonyl (C=O) groups excluding carboxylic acids is 1. The van der Waals surface area contributed by atoms with Gasteiger partial charge in [-0.1, -0.05) is 12.1 Å². The molecule has 7 nitrogen and oxygen atoms in total. The van der Waals surface area contributed by atoms with Gasteiger partial charge in [-0.3, -0.25) is 9.89 Å². The largest absolute Gasteiger partial charge is 0.504 e. The molecule has 5 rings (SSSR count). The Balaban J connectivity index is 1.53. The maximum absolute atomic E-state index is 12.7. The Kier molecular flexibility index (Phi) is 3.98. The summed E-state index contributed by atoms with van der Waals surface area (Å²) in [5, 5.41) is 17.9. The number of phenolic OH excluding ortho intramolecular Hbond substituents is 1. The van der Waals surface area contributed by atoms with E-state index < -0.39 is 0 Å². The molecule has 1 amide bonds. The average molecular weight is 392 g/mol. The highest BCUT2D eigenvalue weighted by Crippen LogP contribution is 2.39. The molecule has 0 bridgehead atoms. The van der Waals surface area contributed by atoms with E-state index in [2.05, 4.69) is 15.2 Å². The normalized spacial score (nSPS) is 13.8. The Morgan fingerprint density at radius 1 is 1.25 bits per heavy atom. The van der Waals surface area contributed by atoms with E-state index >= 15 is 0 Å². The molecule has 2 N–H and O–H groups in total. The maximum Gasteiger partial charge on any atom is 0.272 e. The van der Waals surface area contributed by atoms with Gasteiger partial charge in [0, 0.05) is 23.9 Å². The third-order valence-electron chi connectivity index (χ3n) is 4.67. The maximum atomic E-state index is 12.7. The molecular formula is C20H16N4O3S. The minimum atomic E-state index is -0.154. The number of rotatable bonds is 2. The number of para-hydroxylation sites is 1. The second-order valence-corrected chi connectivity index (χ2v) is 7.55. The number of aromatic amines is 1. The summed E-state index contributed by atoms with van der Waals surface area (Å²) in [5.74, 6) is 0.325. The molecule has 0 unspecified atom stereocenters. The molecule has 28 heavy (non-hydrogen) atoms. The van der Waals surface area contributed by atoms with Gasteiger partial charge in [-0.05, 0) is 30.3 Å². The van der Waals surface area contributed by atoms with Gasteiger partial charge in [0.15, 0.2) is 11.5 Å². The van der Waals surface area contributed by atoms with Crippen molar-refractivity contribution in [1.82, 2.24) is 20.1 Å². The number of nitrogens with one attached hydrogen (secondary N) is 1. The van der Waals surface area contributed by atoms with Gasteiger partial charge in [-0.15, -0.1) is 11.3 Å². The first kappa shape index (κ1) is 16.8. The van der Waals surface area contributed by atoms with Crippen LogP contribution in [0.25, 0.3) is 20.8 Å². The third kappa shape index (κ3) is 2.87. The van der Waals surface area contributed by atoms with Crippen LogP contribution in [0.5, 0.6) is 11.5 Å². The number of amides is 1. The van der Waals surface area contributed by atoms with E-state index in [1.54, 1.807) is 34.6 Å². The number of benzene rings is 2. The third-order valence-corrected chi connectivity index (χ3v) is 5.76. The summed E-state index contributed by atoms with van der Waals surface area (Å²) in [4.78, 5) is 19.1. The quantitative estimate of drug-likeness (QED) is 0.545. The molecule has 0 spiro atoms. The number of ether oxygens (including phenoxy) is 1. The summed E-state index contributed by atoms with van der Waals surface area (Å²) >= 11 is 1.56. The standard InChI is InChI=1S/C20H16N4O3S/c25-16-10-12(19-22-14-3-1-2-4-17(14)28-19)9-13-11-24(7-8-27-18(13)16)20(26)15-5-6-21-23-15/h1-6,9-10,25H,7-8,11H2,(H,21,23). The van der Waals surface area contributed by atoms with Crippen LogP contribution in [0.4, 0.5) is 0 Å². The number of thiazole rings is 1. The van der Waals surface area contributed by atoms with Gasteiger partial charge in [-0.2, -0.15) is 5.10 Å². The van der Waals surface area contributed by atoms with E-state index in [1.165, 1.54) is 0 Å². The summed E-state index contributed by atoms with van der Waals surface area (Å²) in [5.41, 5.74) is 2.90. The Morgan fingerprint density at radius 2 is 2.14 bits per heavy atom. The number of phenols is 1. The molecule has 0 saturated carbocycles. The summed E-state index contributed by atoms with van der Waals surface area (Å²) in [6, 6.07) is 13.2. The highest BCUT2D eigenvalue weighted by atomic mass is 32.1. The Hall–Kier alpha value is -3.39. The van der Waals surface area contributed by atoms with Gasteiger partial charge in [0.2, 0.25) is 0 Å². The lowest BCUT2D eigenvalue weighted by molar-refractivity contribution is 0.0727.